The number of amides is 3. The molecule has 1 aliphatic rings. The van der Waals surface area contributed by atoms with Crippen LogP contribution < -0.4 is 11.1 Å². The van der Waals surface area contributed by atoms with Crippen molar-refractivity contribution in [2.75, 3.05) is 26.2 Å². The van der Waals surface area contributed by atoms with Crippen LogP contribution in [0.3, 0.4) is 0 Å². The molecule has 0 bridgehead atoms. The molecule has 3 amide bonds. The lowest BCUT2D eigenvalue weighted by Crippen LogP contribution is -2.39. The molecule has 0 unspecified atom stereocenters. The van der Waals surface area contributed by atoms with Gasteiger partial charge in [-0.05, 0) is 30.6 Å². The molecule has 0 aromatic heterocycles. The summed E-state index contributed by atoms with van der Waals surface area (Å²) >= 11 is 0. The van der Waals surface area contributed by atoms with E-state index >= 15 is 0 Å². The maximum absolute atomic E-state index is 12.3. The Labute approximate surface area is 144 Å². The summed E-state index contributed by atoms with van der Waals surface area (Å²) in [6, 6.07) is 8.05. The van der Waals surface area contributed by atoms with Crippen molar-refractivity contribution in [3.8, 4) is 0 Å². The van der Waals surface area contributed by atoms with Crippen LogP contribution in [-0.4, -0.2) is 47.9 Å². The second kappa shape index (κ2) is 8.68. The molecule has 132 valence electrons. The van der Waals surface area contributed by atoms with Gasteiger partial charge in [0.25, 0.3) is 0 Å². The van der Waals surface area contributed by atoms with E-state index in [0.717, 1.165) is 25.2 Å². The van der Waals surface area contributed by atoms with Crippen LogP contribution in [0.5, 0.6) is 0 Å². The molecule has 0 spiro atoms. The predicted octanol–water partition coefficient (Wildman–Crippen LogP) is 1.55. The minimum Gasteiger partial charge on any atom is -0.369 e. The molecule has 1 aromatic carbocycles. The monoisotopic (exact) mass is 332 g/mol. The van der Waals surface area contributed by atoms with E-state index in [-0.39, 0.29) is 17.9 Å². The number of rotatable bonds is 7. The molecule has 1 aromatic rings. The molecule has 0 saturated carbocycles. The number of carbonyl (C=O) groups excluding carboxylic acids is 2. The fourth-order valence-corrected chi connectivity index (χ4v) is 3.03. The van der Waals surface area contributed by atoms with Gasteiger partial charge in [-0.1, -0.05) is 38.1 Å². The largest absolute Gasteiger partial charge is 0.369 e. The van der Waals surface area contributed by atoms with Gasteiger partial charge in [-0.3, -0.25) is 9.69 Å². The average Bonchev–Trinajstić information content (AvgIpc) is 3.09. The van der Waals surface area contributed by atoms with Crippen molar-refractivity contribution >= 4 is 11.9 Å². The Bertz CT molecular complexity index is 572. The zero-order chi connectivity index (χ0) is 17.5. The van der Waals surface area contributed by atoms with Crippen LogP contribution in [0.4, 0.5) is 4.79 Å². The summed E-state index contributed by atoms with van der Waals surface area (Å²) in [6.45, 7) is 8.68. The van der Waals surface area contributed by atoms with E-state index in [1.54, 1.807) is 4.90 Å². The molecule has 1 aliphatic heterocycles. The SMILES string of the molecule is CCN(CC)Cc1ccccc1CNC(=O)N1CC[C@H](C(N)=O)C1. The van der Waals surface area contributed by atoms with Crippen molar-refractivity contribution in [2.45, 2.75) is 33.4 Å². The van der Waals surface area contributed by atoms with Crippen molar-refractivity contribution in [3.63, 3.8) is 0 Å². The summed E-state index contributed by atoms with van der Waals surface area (Å²) in [7, 11) is 0. The van der Waals surface area contributed by atoms with E-state index in [2.05, 4.69) is 36.2 Å². The lowest BCUT2D eigenvalue weighted by molar-refractivity contribution is -0.121. The molecule has 0 aliphatic carbocycles. The third-order valence-corrected chi connectivity index (χ3v) is 4.71. The highest BCUT2D eigenvalue weighted by Gasteiger charge is 2.29. The van der Waals surface area contributed by atoms with Gasteiger partial charge in [0.05, 0.1) is 5.92 Å². The topological polar surface area (TPSA) is 78.7 Å². The predicted molar refractivity (Wildman–Crippen MR) is 94.2 cm³/mol. The third-order valence-electron chi connectivity index (χ3n) is 4.71. The van der Waals surface area contributed by atoms with Gasteiger partial charge in [0.2, 0.25) is 5.91 Å². The quantitative estimate of drug-likeness (QED) is 0.795. The standard InChI is InChI=1S/C18H28N4O2/c1-3-21(4-2)12-15-8-6-5-7-14(15)11-20-18(24)22-10-9-16(13-22)17(19)23/h5-8,16H,3-4,9-13H2,1-2H3,(H2,19,23)(H,20,24)/t16-/m0/s1. The zero-order valence-electron chi connectivity index (χ0n) is 14.6. The summed E-state index contributed by atoms with van der Waals surface area (Å²) < 4.78 is 0. The second-order valence-corrected chi connectivity index (χ2v) is 6.22. The van der Waals surface area contributed by atoms with E-state index < -0.39 is 0 Å². The minimum absolute atomic E-state index is 0.128. The van der Waals surface area contributed by atoms with Crippen LogP contribution >= 0.6 is 0 Å². The van der Waals surface area contributed by atoms with Gasteiger partial charge in [0.15, 0.2) is 0 Å². The Morgan fingerprint density at radius 2 is 1.92 bits per heavy atom. The zero-order valence-corrected chi connectivity index (χ0v) is 14.6. The van der Waals surface area contributed by atoms with Gasteiger partial charge in [-0.25, -0.2) is 4.79 Å². The molecule has 6 heteroatoms. The van der Waals surface area contributed by atoms with Crippen molar-refractivity contribution in [1.82, 2.24) is 15.1 Å². The summed E-state index contributed by atoms with van der Waals surface area (Å²) in [5.41, 5.74) is 7.68. The van der Waals surface area contributed by atoms with Crippen molar-refractivity contribution < 1.29 is 9.59 Å². The van der Waals surface area contributed by atoms with E-state index in [1.807, 2.05) is 12.1 Å². The first-order valence-electron chi connectivity index (χ1n) is 8.66. The second-order valence-electron chi connectivity index (χ2n) is 6.22. The number of urea groups is 1. The lowest BCUT2D eigenvalue weighted by atomic mass is 10.1. The molecular formula is C18H28N4O2. The molecule has 24 heavy (non-hydrogen) atoms. The molecule has 1 fully saturated rings. The van der Waals surface area contributed by atoms with Gasteiger partial charge < -0.3 is 16.0 Å². The number of nitrogens with zero attached hydrogens (tertiary/aromatic N) is 2. The Morgan fingerprint density at radius 3 is 2.50 bits per heavy atom. The fourth-order valence-electron chi connectivity index (χ4n) is 3.03. The molecule has 1 atom stereocenters. The van der Waals surface area contributed by atoms with Crippen molar-refractivity contribution in [3.05, 3.63) is 35.4 Å². The number of primary amides is 1. The van der Waals surface area contributed by atoms with Crippen LogP contribution in [-0.2, 0) is 17.9 Å². The molecule has 1 heterocycles. The maximum atomic E-state index is 12.3. The van der Waals surface area contributed by atoms with Crippen molar-refractivity contribution in [2.24, 2.45) is 11.7 Å². The first kappa shape index (κ1) is 18.3. The Balaban J connectivity index is 1.92. The van der Waals surface area contributed by atoms with Crippen molar-refractivity contribution in [1.29, 1.82) is 0 Å². The number of likely N-dealkylation sites (tertiary alicyclic amines) is 1. The van der Waals surface area contributed by atoms with E-state index in [0.29, 0.717) is 26.1 Å². The number of nitrogens with one attached hydrogen (secondary N) is 1. The van der Waals surface area contributed by atoms with E-state index in [9.17, 15) is 9.59 Å². The number of hydrogen-bond donors (Lipinski definition) is 2. The summed E-state index contributed by atoms with van der Waals surface area (Å²) in [5.74, 6) is -0.541. The molecule has 6 nitrogen and oxygen atoms in total. The van der Waals surface area contributed by atoms with Gasteiger partial charge >= 0.3 is 6.03 Å². The van der Waals surface area contributed by atoms with Gasteiger partial charge in [-0.15, -0.1) is 0 Å². The van der Waals surface area contributed by atoms with Crippen LogP contribution in [0, 0.1) is 5.92 Å². The molecule has 2 rings (SSSR count). The highest BCUT2D eigenvalue weighted by molar-refractivity contribution is 5.80. The summed E-state index contributed by atoms with van der Waals surface area (Å²) in [5, 5.41) is 2.97. The molecule has 0 radical (unpaired) electrons. The van der Waals surface area contributed by atoms with Gasteiger partial charge in [-0.2, -0.15) is 0 Å². The number of hydrogen-bond acceptors (Lipinski definition) is 3. The highest BCUT2D eigenvalue weighted by Crippen LogP contribution is 2.16. The molecule has 1 saturated heterocycles. The third kappa shape index (κ3) is 4.71. The number of carbonyl (C=O) groups is 2. The van der Waals surface area contributed by atoms with Crippen LogP contribution in [0.1, 0.15) is 31.4 Å². The smallest absolute Gasteiger partial charge is 0.317 e. The number of nitrogens with two attached hydrogens (primary N) is 1. The molecular weight excluding hydrogens is 304 g/mol. The first-order chi connectivity index (χ1) is 11.5. The first-order valence-corrected chi connectivity index (χ1v) is 8.66. The highest BCUT2D eigenvalue weighted by atomic mass is 16.2. The Morgan fingerprint density at radius 1 is 1.25 bits per heavy atom. The summed E-state index contributed by atoms with van der Waals surface area (Å²) in [4.78, 5) is 27.5. The summed E-state index contributed by atoms with van der Waals surface area (Å²) in [6.07, 6.45) is 0.654. The van der Waals surface area contributed by atoms with E-state index in [4.69, 9.17) is 5.73 Å². The fraction of sp³-hybridized carbons (Fsp3) is 0.556. The normalized spacial score (nSPS) is 17.3. The average molecular weight is 332 g/mol. The maximum Gasteiger partial charge on any atom is 0.317 e. The van der Waals surface area contributed by atoms with Gasteiger partial charge in [0, 0.05) is 26.2 Å². The Kier molecular flexibility index (Phi) is 6.61. The lowest BCUT2D eigenvalue weighted by Gasteiger charge is -2.21. The van der Waals surface area contributed by atoms with Crippen LogP contribution in [0.15, 0.2) is 24.3 Å². The van der Waals surface area contributed by atoms with Crippen LogP contribution in [0.25, 0.3) is 0 Å². The Hall–Kier alpha value is -2.08. The van der Waals surface area contributed by atoms with E-state index in [1.165, 1.54) is 5.56 Å². The van der Waals surface area contributed by atoms with Crippen LogP contribution in [0.2, 0.25) is 0 Å². The molecule has 3 N–H and O–H groups in total. The minimum atomic E-state index is -0.324. The van der Waals surface area contributed by atoms with Gasteiger partial charge in [0.1, 0.15) is 0 Å². The number of benzene rings is 1.